The van der Waals surface area contributed by atoms with Gasteiger partial charge in [-0.15, -0.1) is 10.2 Å². The third-order valence-electron chi connectivity index (χ3n) is 28.2. The summed E-state index contributed by atoms with van der Waals surface area (Å²) in [6.45, 7) is 12.3. The molecular weight excluding hydrogens is 1880 g/mol. The van der Waals surface area contributed by atoms with E-state index in [0.717, 1.165) is 109 Å². The van der Waals surface area contributed by atoms with Crippen LogP contribution in [0.25, 0.3) is 0 Å². The van der Waals surface area contributed by atoms with Crippen LogP contribution in [0.15, 0.2) is 12.4 Å². The van der Waals surface area contributed by atoms with E-state index in [1.807, 2.05) is 20.8 Å². The quantitative estimate of drug-likeness (QED) is 0.0408. The van der Waals surface area contributed by atoms with Crippen LogP contribution in [0.4, 0.5) is 0 Å². The third-order valence-corrected chi connectivity index (χ3v) is 28.2. The van der Waals surface area contributed by atoms with Crippen LogP contribution < -0.4 is 22.1 Å². The van der Waals surface area contributed by atoms with E-state index in [1.165, 1.54) is 35.6 Å². The summed E-state index contributed by atoms with van der Waals surface area (Å²) < 4.78 is 105. The molecule has 0 radical (unpaired) electrons. The van der Waals surface area contributed by atoms with Gasteiger partial charge in [-0.2, -0.15) is 0 Å². The smallest absolute Gasteiger partial charge is 0.332 e. The molecule has 4 aliphatic carbocycles. The highest BCUT2D eigenvalue weighted by Gasteiger charge is 2.57. The molecule has 8 aliphatic rings. The Labute approximate surface area is 837 Å². The third kappa shape index (κ3) is 38.9. The predicted octanol–water partition coefficient (Wildman–Crippen LogP) is 0.843. The Hall–Kier alpha value is -5.70. The Balaban J connectivity index is 0.000000319. The standard InChI is InChI=1S/C50H87N5O18.C47H81N5O18/c1-4-17-65-18-19-66-20-21-67-22-23-68-30-35-27-55(54-53-35)28-40(58)52-41-47(70-38(48(63)64)24-32-13-9-8-10-14-32)43(60)39(29-56)72-49(41)71-37-26-34(36(57)15-11-6-7-12-16-51)25-33(5-2)46(37)73-50-45(62)44(61)42(59)31(3)69-50;1-3-30-22-31(33(55)13-9-4-5-10-14-48)23-34(43(30)70-47-42(60)41(59)39(57)28(2)66-47)68-46-38(44(40(58)36(26-54)69-46)67-35(45(61)62)21-29-11-7-6-8-12-29)49-37(56)25-52-24-32(50-51-52)27-65-20-19-64-18-17-63-16-15-53/h27,31-34,37-39,41-47,49-50,56,59-62H,4-26,28-30,51H2,1-3H3,(H,52,58)(H,63,64);24,28-31,34-36,38-44,46-47,53-54,57-60H,3-23,25-27,48H2,1-2H3,(H,49,56)(H,61,62)/t31?,33?,34?,37-,38+,39+,41?,42-,43+,44+,45?,46-,47?,49-,50+;28?,30?,31?,34-,35+,36+,38?,39-,40+,41+,42?,43-,44?,46-,47+/m11/s1. The maximum Gasteiger partial charge on any atom is 0.332 e. The van der Waals surface area contributed by atoms with E-state index in [-0.39, 0.29) is 107 Å². The van der Waals surface area contributed by atoms with Gasteiger partial charge < -0.3 is 169 Å². The molecule has 46 nitrogen and oxygen atoms in total. The molecule has 0 bridgehead atoms. The monoisotopic (exact) mass is 2050 g/mol. The van der Waals surface area contributed by atoms with E-state index in [1.54, 1.807) is 0 Å². The van der Waals surface area contributed by atoms with Gasteiger partial charge in [-0.25, -0.2) is 19.0 Å². The van der Waals surface area contributed by atoms with Crippen LogP contribution in [0.1, 0.15) is 232 Å². The molecule has 12 unspecified atom stereocenters. The number of aliphatic hydroxyl groups excluding tert-OH is 11. The number of unbranched alkanes of at least 4 members (excludes halogenated alkanes) is 6. The SMILES string of the molecule is CCC1CC(C(=O)CCCCCCN)C[C@@H](O[C@@H]2O[C@@H](CO)[C@H](O)C(O[C@@H](CC3CCCCC3)C(=O)O)C2NC(=O)Cn2cc(COCCOCCOCCO)nn2)[C@@H]1O[C@@H]1OC(C)[C@@H](O)[C@H](O)C1O.CCCOCCOCCOCCOCc1cn(CC(=O)NC2C(O[C@@H](CC3CCCCC3)C(=O)O)[C@@H](O)[C@H](CO)O[C@H]2O[C@@H]2CC(C(=O)CCCCCCN)CC(CC)[C@H]2O[C@@H]2OC(C)[C@@H](O)[C@H](O)C2O)nn1. The first kappa shape index (κ1) is 121. The molecule has 19 N–H and O–H groups in total. The Kier molecular flexibility index (Phi) is 55.3. The second-order valence-electron chi connectivity index (χ2n) is 39.1. The van der Waals surface area contributed by atoms with Crippen LogP contribution >= 0.6 is 0 Å². The van der Waals surface area contributed by atoms with Gasteiger partial charge in [-0.3, -0.25) is 19.2 Å². The van der Waals surface area contributed by atoms with Crippen molar-refractivity contribution in [2.24, 2.45) is 47.0 Å². The van der Waals surface area contributed by atoms with Crippen molar-refractivity contribution in [2.45, 2.75) is 406 Å². The van der Waals surface area contributed by atoms with E-state index in [2.05, 4.69) is 31.3 Å². The fourth-order valence-corrected chi connectivity index (χ4v) is 20.2. The normalized spacial score (nSPS) is 32.0. The number of amides is 2. The Morgan fingerprint density at radius 2 is 0.790 bits per heavy atom. The lowest BCUT2D eigenvalue weighted by atomic mass is 9.74. The van der Waals surface area contributed by atoms with Crippen LogP contribution in [0, 0.1) is 35.5 Å². The Morgan fingerprint density at radius 1 is 0.427 bits per heavy atom. The zero-order valence-electron chi connectivity index (χ0n) is 84.0. The first-order valence-corrected chi connectivity index (χ1v) is 52.2. The number of rotatable bonds is 65. The van der Waals surface area contributed by atoms with Gasteiger partial charge in [0, 0.05) is 31.3 Å². The van der Waals surface area contributed by atoms with E-state index < -0.39 is 221 Å². The summed E-state index contributed by atoms with van der Waals surface area (Å²) in [6, 6.07) is -2.84. The van der Waals surface area contributed by atoms with Gasteiger partial charge in [0.05, 0.1) is 155 Å². The summed E-state index contributed by atoms with van der Waals surface area (Å²) in [5.74, 6) is -5.57. The highest BCUT2D eigenvalue weighted by atomic mass is 16.8. The van der Waals surface area contributed by atoms with E-state index in [0.29, 0.717) is 129 Å². The number of ketones is 2. The van der Waals surface area contributed by atoms with Crippen LogP contribution in [0.5, 0.6) is 0 Å². The first-order valence-electron chi connectivity index (χ1n) is 52.2. The van der Waals surface area contributed by atoms with Crippen LogP contribution in [0.2, 0.25) is 0 Å². The highest BCUT2D eigenvalue weighted by Crippen LogP contribution is 2.44. The maximum atomic E-state index is 14.2. The van der Waals surface area contributed by atoms with Crippen molar-refractivity contribution >= 4 is 35.3 Å². The number of aliphatic carboxylic acids is 2. The number of carboxylic acids is 2. The van der Waals surface area contributed by atoms with Crippen molar-refractivity contribution in [3.63, 3.8) is 0 Å². The van der Waals surface area contributed by atoms with Crippen molar-refractivity contribution < 1.29 is 176 Å². The summed E-state index contributed by atoms with van der Waals surface area (Å²) in [7, 11) is 0. The minimum Gasteiger partial charge on any atom is -0.479 e. The number of nitrogens with zero attached hydrogens (tertiary/aromatic N) is 6. The number of aliphatic hydroxyl groups is 11. The molecular formula is C97H168N10O36. The van der Waals surface area contributed by atoms with Gasteiger partial charge in [0.1, 0.15) is 121 Å². The summed E-state index contributed by atoms with van der Waals surface area (Å²) in [6.07, 6.45) is -10.6. The average Bonchev–Trinajstić information content (AvgIpc) is 1.01. The number of ether oxygens (including phenoxy) is 17. The van der Waals surface area contributed by atoms with Crippen LogP contribution in [-0.2, 0) is 136 Å². The molecule has 2 aromatic rings. The number of aromatic nitrogens is 6. The van der Waals surface area contributed by atoms with Crippen LogP contribution in [-0.4, -0.2) is 403 Å². The second kappa shape index (κ2) is 65.4. The van der Waals surface area contributed by atoms with Crippen molar-refractivity contribution in [3.8, 4) is 0 Å². The van der Waals surface area contributed by atoms with Crippen molar-refractivity contribution in [1.29, 1.82) is 0 Å². The molecule has 46 heteroatoms. The summed E-state index contributed by atoms with van der Waals surface area (Å²) in [4.78, 5) is 82.0. The molecule has 8 fully saturated rings. The van der Waals surface area contributed by atoms with Gasteiger partial charge in [-0.1, -0.05) is 134 Å². The largest absolute Gasteiger partial charge is 0.479 e. The Morgan fingerprint density at radius 3 is 1.14 bits per heavy atom. The number of carbonyl (C=O) groups is 6. The fourth-order valence-electron chi connectivity index (χ4n) is 20.2. The zero-order chi connectivity index (χ0) is 103. The molecule has 30 atom stereocenters. The topological polar surface area (TPSA) is 660 Å². The number of hydrogen-bond acceptors (Lipinski definition) is 40. The molecule has 2 aromatic heterocycles. The maximum absolute atomic E-state index is 14.2. The van der Waals surface area contributed by atoms with Crippen LogP contribution in [0.3, 0.4) is 0 Å². The molecule has 822 valence electrons. The molecule has 0 aromatic carbocycles. The molecule has 2 amide bonds. The minimum absolute atomic E-state index is 0.0111. The van der Waals surface area contributed by atoms with Gasteiger partial charge in [0.15, 0.2) is 37.4 Å². The lowest BCUT2D eigenvalue weighted by Crippen LogP contribution is -2.67. The van der Waals surface area contributed by atoms with Crippen molar-refractivity contribution in [1.82, 2.24) is 40.6 Å². The number of carbonyl (C=O) groups excluding carboxylic acids is 4. The molecule has 6 heterocycles. The minimum atomic E-state index is -1.66. The van der Waals surface area contributed by atoms with Gasteiger partial charge in [0.2, 0.25) is 11.8 Å². The molecule has 4 aliphatic heterocycles. The molecule has 0 spiro atoms. The molecule has 143 heavy (non-hydrogen) atoms. The fraction of sp³-hybridized carbons (Fsp3) is 0.897. The molecule has 10 rings (SSSR count). The molecule has 4 saturated carbocycles. The average molecular weight is 2050 g/mol. The van der Waals surface area contributed by atoms with E-state index >= 15 is 0 Å². The number of carboxylic acid groups (broad SMARTS) is 2. The summed E-state index contributed by atoms with van der Waals surface area (Å²) in [5, 5.41) is 161. The van der Waals surface area contributed by atoms with Crippen molar-refractivity contribution in [3.05, 3.63) is 23.8 Å². The summed E-state index contributed by atoms with van der Waals surface area (Å²) >= 11 is 0. The highest BCUT2D eigenvalue weighted by molar-refractivity contribution is 5.82. The number of nitrogens with two attached hydrogens (primary N) is 2. The number of Topliss-reactive ketones (excluding diaryl/α,β-unsaturated/α-hetero) is 2. The van der Waals surface area contributed by atoms with Gasteiger partial charge >= 0.3 is 11.9 Å². The number of hydrogen-bond donors (Lipinski definition) is 17. The summed E-state index contributed by atoms with van der Waals surface area (Å²) in [5.41, 5.74) is 12.2. The lowest BCUT2D eigenvalue weighted by Gasteiger charge is -2.49. The number of nitrogens with one attached hydrogen (secondary N) is 2. The van der Waals surface area contributed by atoms with Gasteiger partial charge in [-0.05, 0) is 121 Å². The first-order chi connectivity index (χ1) is 69.0. The van der Waals surface area contributed by atoms with Crippen molar-refractivity contribution in [2.75, 3.05) is 112 Å². The second-order valence-corrected chi connectivity index (χ2v) is 39.1. The lowest BCUT2D eigenvalue weighted by molar-refractivity contribution is -0.338. The Bertz CT molecular complexity index is 3880. The zero-order valence-corrected chi connectivity index (χ0v) is 84.0. The van der Waals surface area contributed by atoms with E-state index in [9.17, 15) is 90.0 Å². The predicted molar refractivity (Wildman–Crippen MR) is 505 cm³/mol. The van der Waals surface area contributed by atoms with Gasteiger partial charge in [0.25, 0.3) is 0 Å². The van der Waals surface area contributed by atoms with E-state index in [4.69, 9.17) is 97.1 Å². The molecule has 4 saturated heterocycles.